The molecule has 1 aromatic heterocycles. The molecule has 0 bridgehead atoms. The maximum absolute atomic E-state index is 14.5. The molecule has 0 amide bonds. The van der Waals surface area contributed by atoms with E-state index in [-0.39, 0.29) is 42.6 Å². The molecular weight excluding hydrogens is 417 g/mol. The number of methoxy groups -OCH3 is 1. The summed E-state index contributed by atoms with van der Waals surface area (Å²) in [5, 5.41) is 0. The predicted octanol–water partition coefficient (Wildman–Crippen LogP) is 1.91. The van der Waals surface area contributed by atoms with Crippen LogP contribution >= 0.6 is 0 Å². The molecule has 2 heterocycles. The number of rotatable bonds is 9. The molecule has 0 aliphatic carbocycles. The van der Waals surface area contributed by atoms with E-state index in [1.807, 2.05) is 0 Å². The molecular formula is C20H21F3N4O4. The molecule has 166 valence electrons. The van der Waals surface area contributed by atoms with Crippen LogP contribution in [0.4, 0.5) is 13.2 Å². The molecule has 0 saturated carbocycles. The average Bonchev–Trinajstić information content (AvgIpc) is 2.75. The van der Waals surface area contributed by atoms with E-state index in [1.54, 1.807) is 0 Å². The van der Waals surface area contributed by atoms with E-state index >= 15 is 0 Å². The highest BCUT2D eigenvalue weighted by Crippen LogP contribution is 2.37. The van der Waals surface area contributed by atoms with Crippen molar-refractivity contribution in [2.24, 2.45) is 10.7 Å². The van der Waals surface area contributed by atoms with E-state index < -0.39 is 30.2 Å². The van der Waals surface area contributed by atoms with E-state index in [9.17, 15) is 18.0 Å². The molecule has 31 heavy (non-hydrogen) atoms. The quantitative estimate of drug-likeness (QED) is 0.471. The second-order valence-electron chi connectivity index (χ2n) is 6.82. The average molecular weight is 438 g/mol. The van der Waals surface area contributed by atoms with Crippen molar-refractivity contribution in [3.8, 4) is 5.88 Å². The Labute approximate surface area is 176 Å². The van der Waals surface area contributed by atoms with E-state index in [0.29, 0.717) is 12.2 Å². The number of aromatic nitrogens is 2. The molecule has 0 unspecified atom stereocenters. The standard InChI is InChI=1S/C20H21F3N4O4/c1-29-4-5-31-18-9-25-15(8-26-18)16(28)7-12-2-3-14(21)13(6-12)20(19(22)23)11-30-10-17(24)27-20/h2-3,6,8-9,19H,4-5,7,10-11H2,1H3,(H2,24,27)/t20-/m0/s1. The highest BCUT2D eigenvalue weighted by molar-refractivity contribution is 5.95. The molecule has 1 aliphatic heterocycles. The van der Waals surface area contributed by atoms with E-state index in [4.69, 9.17) is 19.9 Å². The molecule has 0 spiro atoms. The van der Waals surface area contributed by atoms with Gasteiger partial charge >= 0.3 is 0 Å². The number of hydrogen-bond acceptors (Lipinski definition) is 8. The fraction of sp³-hybridized carbons (Fsp3) is 0.400. The SMILES string of the molecule is COCCOc1cnc(C(=O)Cc2ccc(F)c([C@]3(C(F)F)COCC(N)=N3)c2)cn1. The van der Waals surface area contributed by atoms with Crippen LogP contribution in [0.2, 0.25) is 0 Å². The Balaban J connectivity index is 1.80. The highest BCUT2D eigenvalue weighted by Gasteiger charge is 2.46. The molecule has 3 rings (SSSR count). The molecule has 0 saturated heterocycles. The number of hydrogen-bond donors (Lipinski definition) is 1. The summed E-state index contributed by atoms with van der Waals surface area (Å²) in [6.45, 7) is 0.00331. The fourth-order valence-electron chi connectivity index (χ4n) is 3.05. The van der Waals surface area contributed by atoms with Gasteiger partial charge in [0.15, 0.2) is 11.3 Å². The van der Waals surface area contributed by atoms with Gasteiger partial charge in [-0.15, -0.1) is 0 Å². The van der Waals surface area contributed by atoms with Crippen LogP contribution in [0, 0.1) is 5.82 Å². The first-order chi connectivity index (χ1) is 14.9. The smallest absolute Gasteiger partial charge is 0.269 e. The van der Waals surface area contributed by atoms with Crippen molar-refractivity contribution in [3.05, 3.63) is 53.2 Å². The minimum Gasteiger partial charge on any atom is -0.474 e. The van der Waals surface area contributed by atoms with Crippen molar-refractivity contribution in [3.63, 3.8) is 0 Å². The minimum atomic E-state index is -3.07. The number of nitrogens with two attached hydrogens (primary N) is 1. The molecule has 2 aromatic rings. The highest BCUT2D eigenvalue weighted by atomic mass is 19.3. The van der Waals surface area contributed by atoms with Gasteiger partial charge in [0.25, 0.3) is 6.43 Å². The third-order valence-corrected chi connectivity index (χ3v) is 4.59. The molecule has 8 nitrogen and oxygen atoms in total. The van der Waals surface area contributed by atoms with Crippen LogP contribution in [0.1, 0.15) is 21.6 Å². The third-order valence-electron chi connectivity index (χ3n) is 4.59. The number of carbonyl (C=O) groups is 1. The second-order valence-corrected chi connectivity index (χ2v) is 6.82. The van der Waals surface area contributed by atoms with E-state index in [0.717, 1.165) is 6.07 Å². The zero-order valence-electron chi connectivity index (χ0n) is 16.7. The zero-order valence-corrected chi connectivity index (χ0v) is 16.7. The lowest BCUT2D eigenvalue weighted by molar-refractivity contribution is -0.0146. The number of benzene rings is 1. The lowest BCUT2D eigenvalue weighted by Crippen LogP contribution is -2.45. The van der Waals surface area contributed by atoms with Crippen molar-refractivity contribution in [1.82, 2.24) is 9.97 Å². The zero-order chi connectivity index (χ0) is 22.4. The van der Waals surface area contributed by atoms with Gasteiger partial charge in [-0.1, -0.05) is 6.07 Å². The van der Waals surface area contributed by atoms with Gasteiger partial charge in [-0.3, -0.25) is 9.79 Å². The summed E-state index contributed by atoms with van der Waals surface area (Å²) >= 11 is 0. The number of halogens is 3. The van der Waals surface area contributed by atoms with Crippen LogP contribution in [0.25, 0.3) is 0 Å². The van der Waals surface area contributed by atoms with Crippen LogP contribution in [0.3, 0.4) is 0 Å². The molecule has 1 atom stereocenters. The Bertz CT molecular complexity index is 956. The van der Waals surface area contributed by atoms with E-state index in [2.05, 4.69) is 15.0 Å². The molecule has 11 heteroatoms. The van der Waals surface area contributed by atoms with Gasteiger partial charge in [0.1, 0.15) is 30.6 Å². The number of carbonyl (C=O) groups excluding carboxylic acids is 1. The van der Waals surface area contributed by atoms with E-state index in [1.165, 1.54) is 31.6 Å². The van der Waals surface area contributed by atoms with Gasteiger partial charge < -0.3 is 19.9 Å². The van der Waals surface area contributed by atoms with Gasteiger partial charge in [-0.25, -0.2) is 23.1 Å². The Morgan fingerprint density at radius 1 is 1.29 bits per heavy atom. The maximum atomic E-state index is 14.5. The van der Waals surface area contributed by atoms with Gasteiger partial charge in [-0.2, -0.15) is 0 Å². The Kier molecular flexibility index (Phi) is 7.18. The van der Waals surface area contributed by atoms with Crippen LogP contribution in [-0.2, 0) is 21.4 Å². The lowest BCUT2D eigenvalue weighted by Gasteiger charge is -2.33. The number of amidine groups is 1. The van der Waals surface area contributed by atoms with Crippen LogP contribution in [0.15, 0.2) is 35.6 Å². The summed E-state index contributed by atoms with van der Waals surface area (Å²) in [6, 6.07) is 3.53. The molecule has 1 aliphatic rings. The van der Waals surface area contributed by atoms with Crippen molar-refractivity contribution >= 4 is 11.6 Å². The first-order valence-corrected chi connectivity index (χ1v) is 9.31. The van der Waals surface area contributed by atoms with Crippen LogP contribution in [0.5, 0.6) is 5.88 Å². The van der Waals surface area contributed by atoms with Gasteiger partial charge in [-0.05, 0) is 17.7 Å². The third kappa shape index (κ3) is 5.17. The summed E-state index contributed by atoms with van der Waals surface area (Å²) in [6.07, 6.45) is -0.731. The first kappa shape index (κ1) is 22.6. The molecule has 1 aromatic carbocycles. The topological polar surface area (TPSA) is 109 Å². The molecule has 2 N–H and O–H groups in total. The number of ketones is 1. The first-order valence-electron chi connectivity index (χ1n) is 9.31. The summed E-state index contributed by atoms with van der Waals surface area (Å²) in [7, 11) is 1.53. The van der Waals surface area contributed by atoms with Gasteiger partial charge in [0, 0.05) is 19.1 Å². The number of ether oxygens (including phenoxy) is 3. The van der Waals surface area contributed by atoms with Crippen molar-refractivity contribution in [2.45, 2.75) is 18.4 Å². The maximum Gasteiger partial charge on any atom is 0.269 e. The van der Waals surface area contributed by atoms with Gasteiger partial charge in [0.05, 0.1) is 25.6 Å². The monoisotopic (exact) mass is 438 g/mol. The Hall–Kier alpha value is -3.05. The molecule has 0 radical (unpaired) electrons. The predicted molar refractivity (Wildman–Crippen MR) is 104 cm³/mol. The van der Waals surface area contributed by atoms with Crippen molar-refractivity contribution in [1.29, 1.82) is 0 Å². The Morgan fingerprint density at radius 3 is 2.74 bits per heavy atom. The normalized spacial score (nSPS) is 18.7. The largest absolute Gasteiger partial charge is 0.474 e. The number of aliphatic imine (C=N–C) groups is 1. The van der Waals surface area contributed by atoms with Crippen molar-refractivity contribution in [2.75, 3.05) is 33.5 Å². The minimum absolute atomic E-state index is 0.0526. The fourth-order valence-corrected chi connectivity index (χ4v) is 3.05. The number of alkyl halides is 2. The summed E-state index contributed by atoms with van der Waals surface area (Å²) < 4.78 is 57.5. The van der Waals surface area contributed by atoms with Crippen LogP contribution in [-0.4, -0.2) is 61.5 Å². The number of nitrogens with zero attached hydrogens (tertiary/aromatic N) is 3. The lowest BCUT2D eigenvalue weighted by atomic mass is 9.88. The summed E-state index contributed by atoms with van der Waals surface area (Å²) in [5.41, 5.74) is 3.27. The number of Topliss-reactive ketones (excluding diaryl/α,β-unsaturated/α-hetero) is 1. The summed E-state index contributed by atoms with van der Waals surface area (Å²) in [4.78, 5) is 24.4. The Morgan fingerprint density at radius 2 is 2.10 bits per heavy atom. The molecule has 0 fully saturated rings. The summed E-state index contributed by atoms with van der Waals surface area (Å²) in [5.74, 6) is -1.25. The second kappa shape index (κ2) is 9.84. The van der Waals surface area contributed by atoms with Crippen molar-refractivity contribution < 1.29 is 32.2 Å². The van der Waals surface area contributed by atoms with Gasteiger partial charge in [0.2, 0.25) is 5.88 Å². The van der Waals surface area contributed by atoms with Crippen LogP contribution < -0.4 is 10.5 Å².